The topological polar surface area (TPSA) is 72.9 Å². The van der Waals surface area contributed by atoms with Crippen molar-refractivity contribution in [1.82, 2.24) is 4.90 Å². The van der Waals surface area contributed by atoms with Gasteiger partial charge in [-0.05, 0) is 54.8 Å². The molecule has 2 aliphatic heterocycles. The van der Waals surface area contributed by atoms with Gasteiger partial charge in [0.15, 0.2) is 9.84 Å². The molecule has 0 unspecified atom stereocenters. The molecule has 1 saturated heterocycles. The SMILES string of the molecule is CC1(C)OC(=O)C(c2ccc(F)cc2)=C1c1ccc(S(C)(=O)=O)c(CN2CCOCC2)c1. The second-order valence-corrected chi connectivity index (χ2v) is 10.6. The molecule has 1 fully saturated rings. The van der Waals surface area contributed by atoms with E-state index in [1.54, 1.807) is 38.1 Å². The Labute approximate surface area is 187 Å². The van der Waals surface area contributed by atoms with Gasteiger partial charge in [0.05, 0.1) is 23.7 Å². The van der Waals surface area contributed by atoms with E-state index in [4.69, 9.17) is 9.47 Å². The third-order valence-electron chi connectivity index (χ3n) is 5.78. The van der Waals surface area contributed by atoms with Crippen molar-refractivity contribution in [2.75, 3.05) is 32.6 Å². The molecule has 0 N–H and O–H groups in total. The molecule has 2 aromatic carbocycles. The van der Waals surface area contributed by atoms with Crippen LogP contribution in [0.1, 0.15) is 30.5 Å². The Hall–Kier alpha value is -2.55. The smallest absolute Gasteiger partial charge is 0.340 e. The van der Waals surface area contributed by atoms with Crippen LogP contribution in [0, 0.1) is 5.82 Å². The summed E-state index contributed by atoms with van der Waals surface area (Å²) >= 11 is 0. The van der Waals surface area contributed by atoms with Crippen LogP contribution >= 0.6 is 0 Å². The predicted molar refractivity (Wildman–Crippen MR) is 119 cm³/mol. The fraction of sp³-hybridized carbons (Fsp3) is 0.375. The fourth-order valence-electron chi connectivity index (χ4n) is 4.33. The Morgan fingerprint density at radius 3 is 2.28 bits per heavy atom. The van der Waals surface area contributed by atoms with Crippen molar-refractivity contribution in [2.24, 2.45) is 0 Å². The second kappa shape index (κ2) is 8.42. The second-order valence-electron chi connectivity index (χ2n) is 8.64. The van der Waals surface area contributed by atoms with Gasteiger partial charge >= 0.3 is 5.97 Å². The van der Waals surface area contributed by atoms with Crippen molar-refractivity contribution < 1.29 is 27.1 Å². The number of carbonyl (C=O) groups excluding carboxylic acids is 1. The van der Waals surface area contributed by atoms with Crippen LogP contribution in [0.25, 0.3) is 11.1 Å². The van der Waals surface area contributed by atoms with Gasteiger partial charge in [0.2, 0.25) is 0 Å². The zero-order valence-electron chi connectivity index (χ0n) is 18.4. The van der Waals surface area contributed by atoms with E-state index in [1.165, 1.54) is 18.4 Å². The van der Waals surface area contributed by atoms with Crippen LogP contribution in [0.3, 0.4) is 0 Å². The summed E-state index contributed by atoms with van der Waals surface area (Å²) in [4.78, 5) is 15.2. The summed E-state index contributed by atoms with van der Waals surface area (Å²) in [6, 6.07) is 10.8. The van der Waals surface area contributed by atoms with Gasteiger partial charge in [-0.15, -0.1) is 0 Å². The van der Waals surface area contributed by atoms with Gasteiger partial charge in [0.25, 0.3) is 0 Å². The maximum atomic E-state index is 13.5. The largest absolute Gasteiger partial charge is 0.451 e. The summed E-state index contributed by atoms with van der Waals surface area (Å²) in [7, 11) is -3.45. The first kappa shape index (κ1) is 22.6. The zero-order valence-corrected chi connectivity index (χ0v) is 19.2. The minimum absolute atomic E-state index is 0.264. The van der Waals surface area contributed by atoms with Gasteiger partial charge in [0, 0.05) is 31.5 Å². The van der Waals surface area contributed by atoms with Crippen LogP contribution in [0.15, 0.2) is 47.4 Å². The molecule has 2 aliphatic rings. The molecule has 0 radical (unpaired) electrons. The standard InChI is InChI=1S/C24H26FNO5S/c1-24(2)22(21(23(27)31-24)16-4-7-19(25)8-5-16)17-6-9-20(32(3,28)29)18(14-17)15-26-10-12-30-13-11-26/h4-9,14H,10-13,15H2,1-3H3. The molecule has 0 amide bonds. The number of rotatable bonds is 5. The molecule has 2 aromatic rings. The molecule has 0 bridgehead atoms. The van der Waals surface area contributed by atoms with Gasteiger partial charge in [0.1, 0.15) is 11.4 Å². The lowest BCUT2D eigenvalue weighted by molar-refractivity contribution is -0.141. The highest BCUT2D eigenvalue weighted by Gasteiger charge is 2.42. The lowest BCUT2D eigenvalue weighted by Crippen LogP contribution is -2.36. The van der Waals surface area contributed by atoms with Crippen molar-refractivity contribution >= 4 is 27.0 Å². The number of nitrogens with zero attached hydrogens (tertiary/aromatic N) is 1. The highest BCUT2D eigenvalue weighted by atomic mass is 32.2. The Balaban J connectivity index is 1.87. The average molecular weight is 460 g/mol. The predicted octanol–water partition coefficient (Wildman–Crippen LogP) is 3.31. The lowest BCUT2D eigenvalue weighted by Gasteiger charge is -2.28. The van der Waals surface area contributed by atoms with Crippen molar-refractivity contribution in [3.63, 3.8) is 0 Å². The van der Waals surface area contributed by atoms with Crippen LogP contribution in [0.4, 0.5) is 4.39 Å². The maximum absolute atomic E-state index is 13.5. The van der Waals surface area contributed by atoms with E-state index >= 15 is 0 Å². The lowest BCUT2D eigenvalue weighted by atomic mass is 9.86. The summed E-state index contributed by atoms with van der Waals surface area (Å²) in [6.07, 6.45) is 1.19. The molecule has 4 rings (SSSR count). The zero-order chi connectivity index (χ0) is 23.1. The Kier molecular flexibility index (Phi) is 5.96. The third kappa shape index (κ3) is 4.48. The highest BCUT2D eigenvalue weighted by molar-refractivity contribution is 7.90. The number of carbonyl (C=O) groups is 1. The normalized spacial score (nSPS) is 19.3. The molecule has 8 heteroatoms. The Morgan fingerprint density at radius 1 is 1.03 bits per heavy atom. The van der Waals surface area contributed by atoms with E-state index in [0.29, 0.717) is 60.7 Å². The Morgan fingerprint density at radius 2 is 1.66 bits per heavy atom. The van der Waals surface area contributed by atoms with Gasteiger partial charge < -0.3 is 9.47 Å². The fourth-order valence-corrected chi connectivity index (χ4v) is 5.24. The number of halogens is 1. The van der Waals surface area contributed by atoms with Gasteiger partial charge in [-0.25, -0.2) is 17.6 Å². The van der Waals surface area contributed by atoms with Crippen molar-refractivity contribution in [3.05, 3.63) is 65.0 Å². The van der Waals surface area contributed by atoms with Crippen LogP contribution < -0.4 is 0 Å². The van der Waals surface area contributed by atoms with Gasteiger partial charge in [-0.2, -0.15) is 0 Å². The van der Waals surface area contributed by atoms with E-state index < -0.39 is 27.2 Å². The summed E-state index contributed by atoms with van der Waals surface area (Å²) in [5.41, 5.74) is 2.00. The van der Waals surface area contributed by atoms with E-state index in [1.807, 2.05) is 6.07 Å². The van der Waals surface area contributed by atoms with Crippen molar-refractivity contribution in [3.8, 4) is 0 Å². The van der Waals surface area contributed by atoms with Gasteiger partial charge in [-0.1, -0.05) is 18.2 Å². The van der Waals surface area contributed by atoms with E-state index in [0.717, 1.165) is 0 Å². The molecule has 2 heterocycles. The number of ether oxygens (including phenoxy) is 2. The number of cyclic esters (lactones) is 1. The summed E-state index contributed by atoms with van der Waals surface area (Å²) in [6.45, 7) is 6.67. The van der Waals surface area contributed by atoms with Crippen LogP contribution in [0.5, 0.6) is 0 Å². The quantitative estimate of drug-likeness (QED) is 0.639. The van der Waals surface area contributed by atoms with Crippen LogP contribution in [-0.2, 0) is 30.7 Å². The number of hydrogen-bond donors (Lipinski definition) is 0. The first-order chi connectivity index (χ1) is 15.1. The summed E-state index contributed by atoms with van der Waals surface area (Å²) < 4.78 is 49.4. The van der Waals surface area contributed by atoms with Crippen molar-refractivity contribution in [1.29, 1.82) is 0 Å². The summed E-state index contributed by atoms with van der Waals surface area (Å²) in [5, 5.41) is 0. The van der Waals surface area contributed by atoms with Crippen LogP contribution in [0.2, 0.25) is 0 Å². The molecule has 0 spiro atoms. The molecular formula is C24H26FNO5S. The maximum Gasteiger partial charge on any atom is 0.340 e. The number of morpholine rings is 1. The minimum Gasteiger partial charge on any atom is -0.451 e. The molecular weight excluding hydrogens is 433 g/mol. The average Bonchev–Trinajstić information content (AvgIpc) is 2.96. The molecule has 0 atom stereocenters. The van der Waals surface area contributed by atoms with Crippen LogP contribution in [-0.4, -0.2) is 57.4 Å². The molecule has 0 aromatic heterocycles. The highest BCUT2D eigenvalue weighted by Crippen LogP contribution is 2.44. The number of hydrogen-bond acceptors (Lipinski definition) is 6. The summed E-state index contributed by atoms with van der Waals surface area (Å²) in [5.74, 6) is -0.884. The molecule has 32 heavy (non-hydrogen) atoms. The van der Waals surface area contributed by atoms with E-state index in [-0.39, 0.29) is 4.90 Å². The molecule has 6 nitrogen and oxygen atoms in total. The number of esters is 1. The monoisotopic (exact) mass is 459 g/mol. The van der Waals surface area contributed by atoms with Crippen molar-refractivity contribution in [2.45, 2.75) is 30.9 Å². The Bertz CT molecular complexity index is 1180. The molecule has 170 valence electrons. The molecule has 0 saturated carbocycles. The van der Waals surface area contributed by atoms with E-state index in [2.05, 4.69) is 4.90 Å². The number of benzene rings is 2. The third-order valence-corrected chi connectivity index (χ3v) is 6.98. The van der Waals surface area contributed by atoms with Gasteiger partial charge in [-0.3, -0.25) is 4.90 Å². The first-order valence-corrected chi connectivity index (χ1v) is 12.3. The molecule has 0 aliphatic carbocycles. The number of sulfone groups is 1. The minimum atomic E-state index is -3.45. The van der Waals surface area contributed by atoms with E-state index in [9.17, 15) is 17.6 Å². The first-order valence-electron chi connectivity index (χ1n) is 10.4.